The number of hydrogen-bond acceptors (Lipinski definition) is 3. The summed E-state index contributed by atoms with van der Waals surface area (Å²) in [6.45, 7) is 13.1. The highest BCUT2D eigenvalue weighted by Crippen LogP contribution is 2.59. The van der Waals surface area contributed by atoms with Crippen molar-refractivity contribution in [3.8, 4) is 5.75 Å². The third-order valence-electron chi connectivity index (χ3n) is 7.49. The summed E-state index contributed by atoms with van der Waals surface area (Å²) >= 11 is 0. The number of para-hydroxylation sites is 1. The van der Waals surface area contributed by atoms with Crippen molar-refractivity contribution in [2.24, 2.45) is 0 Å². The Hall–Kier alpha value is -3.41. The van der Waals surface area contributed by atoms with Crippen molar-refractivity contribution in [2.45, 2.75) is 58.5 Å². The van der Waals surface area contributed by atoms with Crippen molar-refractivity contribution >= 4 is 22.7 Å². The van der Waals surface area contributed by atoms with Gasteiger partial charge in [-0.1, -0.05) is 44.7 Å². The second kappa shape index (κ2) is 8.08. The van der Waals surface area contributed by atoms with Crippen LogP contribution < -0.4 is 14.5 Å². The Labute approximate surface area is 204 Å². The zero-order valence-electron chi connectivity index (χ0n) is 20.4. The van der Waals surface area contributed by atoms with Gasteiger partial charge in [-0.15, -0.1) is 13.2 Å². The maximum atomic E-state index is 13.1. The Bertz CT molecular complexity index is 1290. The smallest absolute Gasteiger partial charge is 0.406 e. The number of ether oxygens (including phenoxy) is 1. The maximum absolute atomic E-state index is 13.1. The Balaban J connectivity index is 1.79. The van der Waals surface area contributed by atoms with E-state index in [9.17, 15) is 13.2 Å². The zero-order chi connectivity index (χ0) is 25.1. The van der Waals surface area contributed by atoms with E-state index < -0.39 is 6.36 Å². The molecule has 0 N–H and O–H groups in total. The molecule has 182 valence electrons. The number of aryl methyl sites for hydroxylation is 2. The first-order valence-corrected chi connectivity index (χ1v) is 11.9. The maximum Gasteiger partial charge on any atom is 0.573 e. The number of hydrogen-bond donors (Lipinski definition) is 0. The van der Waals surface area contributed by atoms with Crippen LogP contribution in [-0.4, -0.2) is 12.5 Å². The second-order valence-electron chi connectivity index (χ2n) is 9.49. The molecule has 3 aromatic carbocycles. The van der Waals surface area contributed by atoms with Crippen LogP contribution in [0.5, 0.6) is 5.75 Å². The van der Waals surface area contributed by atoms with Gasteiger partial charge in [0.05, 0.1) is 11.4 Å². The molecule has 0 saturated heterocycles. The summed E-state index contributed by atoms with van der Waals surface area (Å²) in [7, 11) is 0. The normalized spacial score (nSPS) is 18.3. The fourth-order valence-corrected chi connectivity index (χ4v) is 6.01. The lowest BCUT2D eigenvalue weighted by atomic mass is 9.66. The second-order valence-corrected chi connectivity index (χ2v) is 9.49. The van der Waals surface area contributed by atoms with Crippen molar-refractivity contribution in [1.82, 2.24) is 0 Å². The third-order valence-corrected chi connectivity index (χ3v) is 7.49. The van der Waals surface area contributed by atoms with Crippen LogP contribution in [-0.2, 0) is 5.41 Å². The molecule has 5 rings (SSSR count). The first kappa shape index (κ1) is 23.3. The minimum Gasteiger partial charge on any atom is -0.406 e. The summed E-state index contributed by atoms with van der Waals surface area (Å²) in [5, 5.41) is 0. The molecule has 1 atom stereocenters. The molecule has 0 bridgehead atoms. The number of fused-ring (bicyclic) bond motifs is 5. The summed E-state index contributed by atoms with van der Waals surface area (Å²) in [4.78, 5) is 4.34. The van der Waals surface area contributed by atoms with E-state index in [0.717, 1.165) is 46.6 Å². The van der Waals surface area contributed by atoms with Gasteiger partial charge < -0.3 is 14.5 Å². The molecule has 35 heavy (non-hydrogen) atoms. The number of alkyl halides is 3. The summed E-state index contributed by atoms with van der Waals surface area (Å²) < 4.78 is 43.6. The molecule has 2 aliphatic rings. The van der Waals surface area contributed by atoms with E-state index in [0.29, 0.717) is 5.69 Å². The van der Waals surface area contributed by atoms with E-state index >= 15 is 0 Å². The Morgan fingerprint density at radius 1 is 0.857 bits per heavy atom. The number of anilines is 4. The Morgan fingerprint density at radius 2 is 1.51 bits per heavy atom. The quantitative estimate of drug-likeness (QED) is 0.350. The molecule has 3 aromatic rings. The minimum absolute atomic E-state index is 0.235. The molecule has 0 fully saturated rings. The van der Waals surface area contributed by atoms with Crippen molar-refractivity contribution in [3.05, 3.63) is 89.5 Å². The van der Waals surface area contributed by atoms with Crippen LogP contribution in [0.25, 0.3) is 0 Å². The van der Waals surface area contributed by atoms with Crippen molar-refractivity contribution in [3.63, 3.8) is 0 Å². The Kier molecular flexibility index (Phi) is 5.38. The number of halogens is 3. The summed E-state index contributed by atoms with van der Waals surface area (Å²) in [6, 6.07) is 19.2. The van der Waals surface area contributed by atoms with Crippen molar-refractivity contribution in [2.75, 3.05) is 9.80 Å². The predicted molar refractivity (Wildman–Crippen MR) is 135 cm³/mol. The van der Waals surface area contributed by atoms with Crippen LogP contribution in [0.15, 0.2) is 72.8 Å². The molecule has 0 amide bonds. The van der Waals surface area contributed by atoms with Gasteiger partial charge in [-0.3, -0.25) is 0 Å². The molecule has 0 radical (unpaired) electrons. The fourth-order valence-electron chi connectivity index (χ4n) is 6.01. The van der Waals surface area contributed by atoms with Gasteiger partial charge in [-0.2, -0.15) is 0 Å². The monoisotopic (exact) mass is 478 g/mol. The molecule has 6 heteroatoms. The fraction of sp³-hybridized carbons (Fsp3) is 0.310. The lowest BCUT2D eigenvalue weighted by Gasteiger charge is -2.49. The molecule has 0 aromatic heterocycles. The van der Waals surface area contributed by atoms with Crippen molar-refractivity contribution in [1.29, 1.82) is 0 Å². The molecular formula is C29H29F3N2O. The van der Waals surface area contributed by atoms with Gasteiger partial charge in [0.25, 0.3) is 0 Å². The minimum atomic E-state index is -4.76. The van der Waals surface area contributed by atoms with Gasteiger partial charge in [0.1, 0.15) is 11.9 Å². The van der Waals surface area contributed by atoms with Gasteiger partial charge in [-0.05, 0) is 79.3 Å². The Morgan fingerprint density at radius 3 is 2.14 bits per heavy atom. The van der Waals surface area contributed by atoms with Crippen LogP contribution >= 0.6 is 0 Å². The van der Waals surface area contributed by atoms with Gasteiger partial charge >= 0.3 is 6.36 Å². The molecule has 2 aliphatic heterocycles. The largest absolute Gasteiger partial charge is 0.573 e. The lowest BCUT2D eigenvalue weighted by molar-refractivity contribution is -0.274. The number of nitrogens with zero attached hydrogens (tertiary/aromatic N) is 2. The predicted octanol–water partition coefficient (Wildman–Crippen LogP) is 8.45. The van der Waals surface area contributed by atoms with Crippen LogP contribution in [0.2, 0.25) is 0 Å². The first-order valence-electron chi connectivity index (χ1n) is 11.9. The van der Waals surface area contributed by atoms with Gasteiger partial charge in [0, 0.05) is 22.9 Å². The van der Waals surface area contributed by atoms with E-state index in [1.807, 2.05) is 26.0 Å². The number of rotatable bonds is 4. The van der Waals surface area contributed by atoms with Crippen LogP contribution in [0.4, 0.5) is 35.9 Å². The molecule has 3 nitrogen and oxygen atoms in total. The number of benzene rings is 3. The van der Waals surface area contributed by atoms with Crippen LogP contribution in [0.3, 0.4) is 0 Å². The molecule has 2 heterocycles. The third kappa shape index (κ3) is 3.58. The van der Waals surface area contributed by atoms with E-state index in [-0.39, 0.29) is 17.3 Å². The van der Waals surface area contributed by atoms with Gasteiger partial charge in [0.2, 0.25) is 0 Å². The van der Waals surface area contributed by atoms with Crippen molar-refractivity contribution < 1.29 is 17.9 Å². The average molecular weight is 479 g/mol. The average Bonchev–Trinajstić information content (AvgIpc) is 3.13. The van der Waals surface area contributed by atoms with E-state index in [2.05, 4.69) is 65.3 Å². The van der Waals surface area contributed by atoms with E-state index in [1.54, 1.807) is 6.07 Å². The van der Waals surface area contributed by atoms with Crippen LogP contribution in [0.1, 0.15) is 43.4 Å². The highest BCUT2D eigenvalue weighted by Gasteiger charge is 2.51. The highest BCUT2D eigenvalue weighted by molar-refractivity contribution is 5.93. The SMILES string of the molecule is C=C1C2N(c3cc(C)cc(C)c3)c3cc(OC(F)(F)F)ccc3N2c2ccccc2C1(CC)CC. The van der Waals surface area contributed by atoms with Gasteiger partial charge in [-0.25, -0.2) is 0 Å². The highest BCUT2D eigenvalue weighted by atomic mass is 19.4. The van der Waals surface area contributed by atoms with Crippen LogP contribution in [0, 0.1) is 13.8 Å². The van der Waals surface area contributed by atoms with E-state index in [4.69, 9.17) is 0 Å². The zero-order valence-corrected chi connectivity index (χ0v) is 20.4. The standard InChI is InChI=1S/C29H29F3N2O/c1-6-28(7-2)20(5)27-33(21-15-18(3)14-19(4)16-21)26-17-22(35-29(30,31)32)12-13-25(26)34(27)24-11-9-8-10-23(24)28/h8-17,27H,5-7H2,1-4H3. The molecule has 0 spiro atoms. The molecular weight excluding hydrogens is 449 g/mol. The summed E-state index contributed by atoms with van der Waals surface area (Å²) in [5.74, 6) is -0.235. The summed E-state index contributed by atoms with van der Waals surface area (Å²) in [5.41, 5.74) is 7.64. The topological polar surface area (TPSA) is 15.7 Å². The first-order chi connectivity index (χ1) is 16.6. The lowest BCUT2D eigenvalue weighted by Crippen LogP contribution is -2.50. The molecule has 1 unspecified atom stereocenters. The molecule has 0 aliphatic carbocycles. The van der Waals surface area contributed by atoms with Gasteiger partial charge in [0.15, 0.2) is 0 Å². The summed E-state index contributed by atoms with van der Waals surface area (Å²) in [6.07, 6.45) is -3.28. The van der Waals surface area contributed by atoms with E-state index in [1.165, 1.54) is 17.7 Å². The molecule has 0 saturated carbocycles.